The molecular formula is C18H26N6O2. The minimum Gasteiger partial charge on any atom is -0.376 e. The summed E-state index contributed by atoms with van der Waals surface area (Å²) in [6, 6.07) is 0. The van der Waals surface area contributed by atoms with E-state index in [1.165, 1.54) is 0 Å². The average Bonchev–Trinajstić information content (AvgIpc) is 2.63. The Morgan fingerprint density at radius 3 is 1.77 bits per heavy atom. The highest BCUT2D eigenvalue weighted by molar-refractivity contribution is 5.40. The molecule has 0 radical (unpaired) electrons. The Balaban J connectivity index is 1.51. The molecule has 2 unspecified atom stereocenters. The average molecular weight is 358 g/mol. The largest absolute Gasteiger partial charge is 0.376 e. The Bertz CT molecular complexity index is 693. The first-order valence-corrected chi connectivity index (χ1v) is 8.82. The van der Waals surface area contributed by atoms with Crippen LogP contribution in [0.3, 0.4) is 0 Å². The highest BCUT2D eigenvalue weighted by Crippen LogP contribution is 2.14. The molecule has 0 spiro atoms. The van der Waals surface area contributed by atoms with Crippen LogP contribution >= 0.6 is 0 Å². The van der Waals surface area contributed by atoms with Crippen LogP contribution in [0.15, 0.2) is 12.4 Å². The molecule has 2 atom stereocenters. The second kappa shape index (κ2) is 8.37. The van der Waals surface area contributed by atoms with E-state index >= 15 is 0 Å². The number of aromatic nitrogens is 4. The van der Waals surface area contributed by atoms with Crippen molar-refractivity contribution in [1.29, 1.82) is 0 Å². The number of rotatable bonds is 6. The Hall–Kier alpha value is -2.32. The van der Waals surface area contributed by atoms with Crippen molar-refractivity contribution in [2.45, 2.75) is 39.9 Å². The molecule has 0 aliphatic carbocycles. The molecule has 1 fully saturated rings. The van der Waals surface area contributed by atoms with Crippen LogP contribution in [-0.4, -0.2) is 58.4 Å². The van der Waals surface area contributed by atoms with E-state index in [0.717, 1.165) is 34.4 Å². The van der Waals surface area contributed by atoms with Crippen LogP contribution in [0.5, 0.6) is 0 Å². The number of hydrogen-bond acceptors (Lipinski definition) is 8. The van der Waals surface area contributed by atoms with Crippen molar-refractivity contribution in [1.82, 2.24) is 19.9 Å². The van der Waals surface area contributed by atoms with Gasteiger partial charge in [0, 0.05) is 25.5 Å². The zero-order valence-electron chi connectivity index (χ0n) is 15.7. The van der Waals surface area contributed by atoms with Gasteiger partial charge in [-0.25, -0.2) is 9.97 Å². The van der Waals surface area contributed by atoms with Crippen molar-refractivity contribution in [2.24, 2.45) is 0 Å². The predicted molar refractivity (Wildman–Crippen MR) is 99.5 cm³/mol. The lowest BCUT2D eigenvalue weighted by Crippen LogP contribution is -2.43. The molecule has 2 N–H and O–H groups in total. The summed E-state index contributed by atoms with van der Waals surface area (Å²) in [4.78, 5) is 17.6. The van der Waals surface area contributed by atoms with E-state index < -0.39 is 0 Å². The van der Waals surface area contributed by atoms with Crippen LogP contribution in [0.2, 0.25) is 0 Å². The molecule has 1 saturated heterocycles. The number of nitrogens with one attached hydrogen (secondary N) is 2. The predicted octanol–water partition coefficient (Wildman–Crippen LogP) is 1.81. The molecule has 0 bridgehead atoms. The van der Waals surface area contributed by atoms with Crippen LogP contribution in [0, 0.1) is 27.7 Å². The van der Waals surface area contributed by atoms with E-state index in [9.17, 15) is 0 Å². The first-order valence-electron chi connectivity index (χ1n) is 8.82. The molecule has 8 nitrogen and oxygen atoms in total. The van der Waals surface area contributed by atoms with Gasteiger partial charge in [-0.2, -0.15) is 0 Å². The molecule has 140 valence electrons. The SMILES string of the molecule is Cc1cnc(C)c(NCC2COCC(CNc3nc(C)cnc3C)O2)n1. The van der Waals surface area contributed by atoms with Crippen molar-refractivity contribution in [3.05, 3.63) is 35.2 Å². The summed E-state index contributed by atoms with van der Waals surface area (Å²) in [5, 5.41) is 6.63. The molecule has 8 heteroatoms. The number of hydrogen-bond donors (Lipinski definition) is 2. The van der Waals surface area contributed by atoms with Gasteiger partial charge < -0.3 is 20.1 Å². The summed E-state index contributed by atoms with van der Waals surface area (Å²) < 4.78 is 11.8. The fraction of sp³-hybridized carbons (Fsp3) is 0.556. The number of aryl methyl sites for hydroxylation is 4. The fourth-order valence-electron chi connectivity index (χ4n) is 2.73. The monoisotopic (exact) mass is 358 g/mol. The number of nitrogens with zero attached hydrogens (tertiary/aromatic N) is 4. The van der Waals surface area contributed by atoms with Crippen molar-refractivity contribution in [2.75, 3.05) is 36.9 Å². The van der Waals surface area contributed by atoms with Gasteiger partial charge in [0.25, 0.3) is 0 Å². The topological polar surface area (TPSA) is 94.1 Å². The highest BCUT2D eigenvalue weighted by Gasteiger charge is 2.23. The molecular weight excluding hydrogens is 332 g/mol. The first-order chi connectivity index (χ1) is 12.5. The van der Waals surface area contributed by atoms with E-state index in [1.807, 2.05) is 27.7 Å². The quantitative estimate of drug-likeness (QED) is 0.807. The molecule has 1 aliphatic rings. The third-order valence-electron chi connectivity index (χ3n) is 4.14. The zero-order chi connectivity index (χ0) is 18.5. The lowest BCUT2D eigenvalue weighted by Gasteiger charge is -2.30. The van der Waals surface area contributed by atoms with Gasteiger partial charge >= 0.3 is 0 Å². The molecule has 2 aromatic heterocycles. The Morgan fingerprint density at radius 1 is 0.846 bits per heavy atom. The molecule has 3 heterocycles. The summed E-state index contributed by atoms with van der Waals surface area (Å²) in [5.74, 6) is 1.58. The van der Waals surface area contributed by atoms with Crippen LogP contribution in [-0.2, 0) is 9.47 Å². The molecule has 2 aromatic rings. The number of ether oxygens (including phenoxy) is 2. The van der Waals surface area contributed by atoms with E-state index in [-0.39, 0.29) is 12.2 Å². The maximum absolute atomic E-state index is 6.12. The van der Waals surface area contributed by atoms with E-state index in [4.69, 9.17) is 9.47 Å². The second-order valence-electron chi connectivity index (χ2n) is 6.57. The number of anilines is 2. The maximum atomic E-state index is 6.12. The minimum atomic E-state index is -0.0399. The van der Waals surface area contributed by atoms with Gasteiger partial charge in [0.15, 0.2) is 0 Å². The van der Waals surface area contributed by atoms with Crippen LogP contribution in [0.25, 0.3) is 0 Å². The van der Waals surface area contributed by atoms with E-state index in [2.05, 4.69) is 30.6 Å². The van der Waals surface area contributed by atoms with Gasteiger partial charge in [0.1, 0.15) is 11.6 Å². The normalized spacial score (nSPS) is 20.0. The van der Waals surface area contributed by atoms with Gasteiger partial charge in [-0.3, -0.25) is 9.97 Å². The van der Waals surface area contributed by atoms with E-state index in [0.29, 0.717) is 26.3 Å². The van der Waals surface area contributed by atoms with Crippen molar-refractivity contribution in [3.8, 4) is 0 Å². The van der Waals surface area contributed by atoms with Crippen LogP contribution in [0.1, 0.15) is 22.8 Å². The van der Waals surface area contributed by atoms with E-state index in [1.54, 1.807) is 12.4 Å². The van der Waals surface area contributed by atoms with Crippen LogP contribution in [0.4, 0.5) is 11.6 Å². The lowest BCUT2D eigenvalue weighted by atomic mass is 10.2. The molecule has 0 aromatic carbocycles. The second-order valence-corrected chi connectivity index (χ2v) is 6.57. The van der Waals surface area contributed by atoms with Crippen molar-refractivity contribution in [3.63, 3.8) is 0 Å². The Morgan fingerprint density at radius 2 is 1.31 bits per heavy atom. The lowest BCUT2D eigenvalue weighted by molar-refractivity contribution is -0.126. The molecule has 26 heavy (non-hydrogen) atoms. The summed E-state index contributed by atoms with van der Waals surface area (Å²) in [6.07, 6.45) is 3.45. The Labute approximate surface area is 153 Å². The van der Waals surface area contributed by atoms with Gasteiger partial charge in [-0.15, -0.1) is 0 Å². The minimum absolute atomic E-state index is 0.0399. The van der Waals surface area contributed by atoms with Gasteiger partial charge in [-0.1, -0.05) is 0 Å². The summed E-state index contributed by atoms with van der Waals surface area (Å²) in [7, 11) is 0. The summed E-state index contributed by atoms with van der Waals surface area (Å²) in [6.45, 7) is 10.1. The smallest absolute Gasteiger partial charge is 0.147 e. The third kappa shape index (κ3) is 4.86. The van der Waals surface area contributed by atoms with Crippen LogP contribution < -0.4 is 10.6 Å². The highest BCUT2D eigenvalue weighted by atomic mass is 16.6. The van der Waals surface area contributed by atoms with Gasteiger partial charge in [0.2, 0.25) is 0 Å². The van der Waals surface area contributed by atoms with Crippen molar-refractivity contribution < 1.29 is 9.47 Å². The van der Waals surface area contributed by atoms with Crippen molar-refractivity contribution >= 4 is 11.6 Å². The first kappa shape index (κ1) is 18.5. The molecule has 1 aliphatic heterocycles. The van der Waals surface area contributed by atoms with Gasteiger partial charge in [0.05, 0.1) is 48.2 Å². The maximum Gasteiger partial charge on any atom is 0.147 e. The Kier molecular flexibility index (Phi) is 5.95. The standard InChI is InChI=1S/C18H26N6O2/c1-11-5-19-13(3)17(23-11)21-7-15-9-25-10-16(26-15)8-22-18-14(4)20-6-12(2)24-18/h5-6,15-16H,7-10H2,1-4H3,(H,21,23)(H,22,24). The zero-order valence-corrected chi connectivity index (χ0v) is 15.7. The van der Waals surface area contributed by atoms with Gasteiger partial charge in [-0.05, 0) is 27.7 Å². The molecule has 0 saturated carbocycles. The summed E-state index contributed by atoms with van der Waals surface area (Å²) >= 11 is 0. The molecule has 3 rings (SSSR count). The summed E-state index contributed by atoms with van der Waals surface area (Å²) in [5.41, 5.74) is 3.52. The molecule has 0 amide bonds. The third-order valence-corrected chi connectivity index (χ3v) is 4.14. The fourth-order valence-corrected chi connectivity index (χ4v) is 2.73.